The van der Waals surface area contributed by atoms with Gasteiger partial charge in [-0.05, 0) is 47.4 Å². The Hall–Kier alpha value is -3.02. The molecule has 0 radical (unpaired) electrons. The zero-order valence-electron chi connectivity index (χ0n) is 20.3. The van der Waals surface area contributed by atoms with E-state index >= 15 is 0 Å². The molecule has 2 aromatic rings. The number of hydrogen-bond acceptors (Lipinski definition) is 4. The maximum Gasteiger partial charge on any atom is 0.263 e. The standard InChI is InChI=1S/C26H37N3O3/c1-8-25(4,5)19-12-15-22(21(16-19)26(6,7)9-2)32-23(24(27)31)18-10-13-20(14-11-18)29-28-17(3)30/h10-16,23,29H,8-9H2,1-7H3,(H2,27,31)(H,28,30). The van der Waals surface area contributed by atoms with E-state index in [9.17, 15) is 9.59 Å². The number of benzene rings is 2. The lowest BCUT2D eigenvalue weighted by molar-refractivity contribution is -0.125. The summed E-state index contributed by atoms with van der Waals surface area (Å²) in [5, 5.41) is 0. The van der Waals surface area contributed by atoms with Crippen molar-refractivity contribution in [3.8, 4) is 5.75 Å². The van der Waals surface area contributed by atoms with Gasteiger partial charge >= 0.3 is 0 Å². The zero-order valence-corrected chi connectivity index (χ0v) is 20.3. The number of rotatable bonds is 10. The normalized spacial score (nSPS) is 12.7. The van der Waals surface area contributed by atoms with E-state index in [0.717, 1.165) is 18.4 Å². The zero-order chi connectivity index (χ0) is 24.1. The van der Waals surface area contributed by atoms with Gasteiger partial charge in [0.05, 0.1) is 5.69 Å². The summed E-state index contributed by atoms with van der Waals surface area (Å²) in [5.74, 6) is -0.101. The van der Waals surface area contributed by atoms with Crippen molar-refractivity contribution in [1.29, 1.82) is 0 Å². The molecule has 174 valence electrons. The Morgan fingerprint density at radius 1 is 0.969 bits per heavy atom. The molecule has 6 heteroatoms. The Kier molecular flexibility index (Phi) is 7.94. The highest BCUT2D eigenvalue weighted by atomic mass is 16.5. The summed E-state index contributed by atoms with van der Waals surface area (Å²) in [6.45, 7) is 14.6. The SMILES string of the molecule is CCC(C)(C)c1ccc(OC(C(N)=O)c2ccc(NNC(C)=O)cc2)c(C(C)(C)CC)c1. The van der Waals surface area contributed by atoms with Gasteiger partial charge in [0, 0.05) is 18.1 Å². The number of hydrogen-bond donors (Lipinski definition) is 3. The number of anilines is 1. The lowest BCUT2D eigenvalue weighted by Crippen LogP contribution is -2.28. The molecule has 4 N–H and O–H groups in total. The maximum absolute atomic E-state index is 12.3. The minimum absolute atomic E-state index is 0.0386. The van der Waals surface area contributed by atoms with E-state index in [2.05, 4.69) is 64.5 Å². The summed E-state index contributed by atoms with van der Waals surface area (Å²) >= 11 is 0. The smallest absolute Gasteiger partial charge is 0.263 e. The largest absolute Gasteiger partial charge is 0.476 e. The minimum atomic E-state index is -0.929. The van der Waals surface area contributed by atoms with Crippen LogP contribution in [0.5, 0.6) is 5.75 Å². The molecule has 0 fully saturated rings. The fourth-order valence-electron chi connectivity index (χ4n) is 3.30. The summed E-state index contributed by atoms with van der Waals surface area (Å²) < 4.78 is 6.26. The molecule has 1 unspecified atom stereocenters. The second-order valence-corrected chi connectivity index (χ2v) is 9.51. The molecule has 1 atom stereocenters. The van der Waals surface area contributed by atoms with E-state index in [1.54, 1.807) is 24.3 Å². The molecular formula is C26H37N3O3. The van der Waals surface area contributed by atoms with Gasteiger partial charge in [0.2, 0.25) is 12.0 Å². The third-order valence-electron chi connectivity index (χ3n) is 6.36. The molecule has 2 amide bonds. The van der Waals surface area contributed by atoms with Crippen LogP contribution in [-0.4, -0.2) is 11.8 Å². The van der Waals surface area contributed by atoms with Gasteiger partial charge in [-0.2, -0.15) is 0 Å². The van der Waals surface area contributed by atoms with E-state index in [4.69, 9.17) is 10.5 Å². The van der Waals surface area contributed by atoms with Crippen molar-refractivity contribution < 1.29 is 14.3 Å². The number of nitrogens with two attached hydrogens (primary N) is 1. The summed E-state index contributed by atoms with van der Waals surface area (Å²) in [4.78, 5) is 23.4. The lowest BCUT2D eigenvalue weighted by Gasteiger charge is -2.31. The fraction of sp³-hybridized carbons (Fsp3) is 0.462. The first-order chi connectivity index (χ1) is 14.9. The van der Waals surface area contributed by atoms with Gasteiger partial charge in [0.15, 0.2) is 0 Å². The van der Waals surface area contributed by atoms with E-state index in [-0.39, 0.29) is 16.7 Å². The second-order valence-electron chi connectivity index (χ2n) is 9.51. The number of hydrazine groups is 1. The van der Waals surface area contributed by atoms with Crippen LogP contribution in [0.1, 0.15) is 84.1 Å². The number of amides is 2. The third-order valence-corrected chi connectivity index (χ3v) is 6.36. The molecule has 2 aromatic carbocycles. The van der Waals surface area contributed by atoms with Crippen molar-refractivity contribution in [2.24, 2.45) is 5.73 Å². The second kappa shape index (κ2) is 10.1. The van der Waals surface area contributed by atoms with Crippen molar-refractivity contribution in [3.05, 3.63) is 59.2 Å². The summed E-state index contributed by atoms with van der Waals surface area (Å²) in [6.07, 6.45) is 1.01. The van der Waals surface area contributed by atoms with Crippen molar-refractivity contribution in [1.82, 2.24) is 5.43 Å². The molecule has 0 aliphatic carbocycles. The molecule has 0 heterocycles. The van der Waals surface area contributed by atoms with Crippen LogP contribution in [0.4, 0.5) is 5.69 Å². The van der Waals surface area contributed by atoms with Crippen molar-refractivity contribution in [3.63, 3.8) is 0 Å². The number of nitrogens with one attached hydrogen (secondary N) is 2. The average Bonchev–Trinajstić information content (AvgIpc) is 2.76. The molecule has 0 saturated carbocycles. The molecule has 32 heavy (non-hydrogen) atoms. The van der Waals surface area contributed by atoms with Crippen molar-refractivity contribution in [2.45, 2.75) is 78.2 Å². The van der Waals surface area contributed by atoms with Gasteiger partial charge in [0.25, 0.3) is 5.91 Å². The number of ether oxygens (including phenoxy) is 1. The van der Waals surface area contributed by atoms with Crippen LogP contribution in [0.25, 0.3) is 0 Å². The molecule has 2 rings (SSSR count). The predicted molar refractivity (Wildman–Crippen MR) is 130 cm³/mol. The van der Waals surface area contributed by atoms with Crippen LogP contribution in [0, 0.1) is 0 Å². The third kappa shape index (κ3) is 6.02. The van der Waals surface area contributed by atoms with Gasteiger partial charge in [-0.25, -0.2) is 0 Å². The molecule has 0 saturated heterocycles. The molecule has 0 bridgehead atoms. The first-order valence-corrected chi connectivity index (χ1v) is 11.1. The van der Waals surface area contributed by atoms with E-state index in [1.807, 2.05) is 6.07 Å². The minimum Gasteiger partial charge on any atom is -0.476 e. The number of carbonyl (C=O) groups excluding carboxylic acids is 2. The van der Waals surface area contributed by atoms with Gasteiger partial charge in [-0.3, -0.25) is 20.4 Å². The Morgan fingerprint density at radius 2 is 1.56 bits per heavy atom. The van der Waals surface area contributed by atoms with Gasteiger partial charge in [-0.15, -0.1) is 0 Å². The topological polar surface area (TPSA) is 93.4 Å². The maximum atomic E-state index is 12.3. The van der Waals surface area contributed by atoms with Crippen LogP contribution >= 0.6 is 0 Å². The van der Waals surface area contributed by atoms with E-state index in [0.29, 0.717) is 17.0 Å². The van der Waals surface area contributed by atoms with Crippen molar-refractivity contribution >= 4 is 17.5 Å². The first kappa shape index (κ1) is 25.2. The number of primary amides is 1. The van der Waals surface area contributed by atoms with Crippen LogP contribution in [0.2, 0.25) is 0 Å². The number of carbonyl (C=O) groups is 2. The van der Waals surface area contributed by atoms with Gasteiger partial charge in [-0.1, -0.05) is 65.8 Å². The fourth-order valence-corrected chi connectivity index (χ4v) is 3.30. The monoisotopic (exact) mass is 439 g/mol. The quantitative estimate of drug-likeness (QED) is 0.447. The van der Waals surface area contributed by atoms with Crippen molar-refractivity contribution in [2.75, 3.05) is 5.43 Å². The summed E-state index contributed by atoms with van der Waals surface area (Å²) in [7, 11) is 0. The molecule has 0 aliphatic rings. The molecule has 0 aliphatic heterocycles. The first-order valence-electron chi connectivity index (χ1n) is 11.1. The average molecular weight is 440 g/mol. The molecule has 6 nitrogen and oxygen atoms in total. The Balaban J connectivity index is 2.42. The van der Waals surface area contributed by atoms with Gasteiger partial charge in [0.1, 0.15) is 5.75 Å². The highest BCUT2D eigenvalue weighted by Crippen LogP contribution is 2.40. The highest BCUT2D eigenvalue weighted by Gasteiger charge is 2.29. The van der Waals surface area contributed by atoms with Crippen LogP contribution < -0.4 is 21.3 Å². The summed E-state index contributed by atoms with van der Waals surface area (Å²) in [6, 6.07) is 13.3. The summed E-state index contributed by atoms with van der Waals surface area (Å²) in [5.41, 5.74) is 14.6. The predicted octanol–water partition coefficient (Wildman–Crippen LogP) is 5.13. The lowest BCUT2D eigenvalue weighted by atomic mass is 9.76. The van der Waals surface area contributed by atoms with Crippen LogP contribution in [0.15, 0.2) is 42.5 Å². The molecule has 0 aromatic heterocycles. The van der Waals surface area contributed by atoms with E-state index < -0.39 is 12.0 Å². The Labute approximate surface area is 191 Å². The molecular weight excluding hydrogens is 402 g/mol. The Bertz CT molecular complexity index is 949. The molecule has 0 spiro atoms. The highest BCUT2D eigenvalue weighted by molar-refractivity contribution is 5.81. The van der Waals surface area contributed by atoms with Gasteiger partial charge < -0.3 is 10.5 Å². The van der Waals surface area contributed by atoms with E-state index in [1.165, 1.54) is 12.5 Å². The van der Waals surface area contributed by atoms with Crippen LogP contribution in [0.3, 0.4) is 0 Å². The van der Waals surface area contributed by atoms with Crippen LogP contribution in [-0.2, 0) is 20.4 Å². The Morgan fingerprint density at radius 3 is 2.06 bits per heavy atom.